The van der Waals surface area contributed by atoms with Crippen molar-refractivity contribution in [1.29, 1.82) is 0 Å². The second-order valence-corrected chi connectivity index (χ2v) is 10.4. The Hall–Kier alpha value is -2.71. The van der Waals surface area contributed by atoms with Gasteiger partial charge in [-0.25, -0.2) is 14.6 Å². The van der Waals surface area contributed by atoms with Crippen LogP contribution in [-0.2, 0) is 33.7 Å². The van der Waals surface area contributed by atoms with Crippen LogP contribution in [0.2, 0.25) is 0 Å². The smallest absolute Gasteiger partial charge is 0.414 e. The van der Waals surface area contributed by atoms with Gasteiger partial charge in [-0.15, -0.1) is 0 Å². The Morgan fingerprint density at radius 3 is 2.39 bits per heavy atom. The van der Waals surface area contributed by atoms with Gasteiger partial charge in [0.1, 0.15) is 11.9 Å². The fraction of sp³-hybridized carbons (Fsp3) is 0.607. The summed E-state index contributed by atoms with van der Waals surface area (Å²) in [5.41, 5.74) is 4.02. The summed E-state index contributed by atoms with van der Waals surface area (Å²) in [6, 6.07) is 8.86. The monoisotopic (exact) mass is 497 g/mol. The number of piperidine rings is 1. The summed E-state index contributed by atoms with van der Waals surface area (Å²) < 4.78 is 9.21. The van der Waals surface area contributed by atoms with E-state index in [9.17, 15) is 0 Å². The van der Waals surface area contributed by atoms with Crippen LogP contribution in [0.4, 0.5) is 0 Å². The van der Waals surface area contributed by atoms with Gasteiger partial charge in [-0.1, -0.05) is 56.4 Å². The molecular weight excluding hydrogens is 458 g/mol. The largest absolute Gasteiger partial charge is 0.473 e. The Labute approximate surface area is 213 Å². The molecule has 1 aromatic heterocycles. The molecule has 2 N–H and O–H groups in total. The molecule has 1 saturated carbocycles. The number of carboxylic acids is 2. The number of likely N-dealkylation sites (tertiary alicyclic amines) is 1. The quantitative estimate of drug-likeness (QED) is 0.593. The van der Waals surface area contributed by atoms with Gasteiger partial charge in [-0.05, 0) is 56.2 Å². The first kappa shape index (κ1) is 26.4. The van der Waals surface area contributed by atoms with E-state index >= 15 is 0 Å². The fourth-order valence-corrected chi connectivity index (χ4v) is 5.67. The predicted molar refractivity (Wildman–Crippen MR) is 136 cm³/mol. The molecule has 8 heteroatoms. The minimum atomic E-state index is -1.82. The number of hydrogen-bond donors (Lipinski definition) is 2. The molecule has 36 heavy (non-hydrogen) atoms. The predicted octanol–water partition coefficient (Wildman–Crippen LogP) is 4.31. The highest BCUT2D eigenvalue weighted by atomic mass is 16.5. The van der Waals surface area contributed by atoms with Crippen LogP contribution in [0.15, 0.2) is 30.5 Å². The molecule has 1 unspecified atom stereocenters. The molecule has 1 atom stereocenters. The summed E-state index contributed by atoms with van der Waals surface area (Å²) in [4.78, 5) is 25.8. The van der Waals surface area contributed by atoms with E-state index in [1.54, 1.807) is 0 Å². The number of carboxylic acid groups (broad SMARTS) is 2. The third kappa shape index (κ3) is 6.95. The summed E-state index contributed by atoms with van der Waals surface area (Å²) in [6.45, 7) is 3.26. The number of ether oxygens (including phenoxy) is 1. The van der Waals surface area contributed by atoms with Crippen LogP contribution in [0.5, 0.6) is 0 Å². The molecule has 1 aliphatic carbocycles. The second-order valence-electron chi connectivity index (χ2n) is 10.4. The Balaban J connectivity index is 0.000000455. The van der Waals surface area contributed by atoms with Crippen LogP contribution in [-0.4, -0.2) is 62.8 Å². The van der Waals surface area contributed by atoms with Gasteiger partial charge >= 0.3 is 11.9 Å². The zero-order chi connectivity index (χ0) is 25.5. The van der Waals surface area contributed by atoms with Gasteiger partial charge in [0.2, 0.25) is 0 Å². The fourth-order valence-electron chi connectivity index (χ4n) is 5.67. The molecule has 2 aromatic rings. The minimum absolute atomic E-state index is 0.0273. The molecule has 3 aliphatic rings. The van der Waals surface area contributed by atoms with Crippen molar-refractivity contribution < 1.29 is 24.5 Å². The number of nitrogens with zero attached hydrogens (tertiary/aromatic N) is 3. The summed E-state index contributed by atoms with van der Waals surface area (Å²) in [6.07, 6.45) is 15.5. The highest BCUT2D eigenvalue weighted by molar-refractivity contribution is 6.27. The van der Waals surface area contributed by atoms with Crippen molar-refractivity contribution in [2.24, 2.45) is 5.92 Å². The summed E-state index contributed by atoms with van der Waals surface area (Å²) >= 11 is 0. The third-order valence-corrected chi connectivity index (χ3v) is 7.76. The van der Waals surface area contributed by atoms with Gasteiger partial charge < -0.3 is 24.4 Å². The molecule has 8 nitrogen and oxygen atoms in total. The molecule has 1 aromatic carbocycles. The summed E-state index contributed by atoms with van der Waals surface area (Å²) in [5.74, 6) is -1.60. The Morgan fingerprint density at radius 2 is 1.69 bits per heavy atom. The number of rotatable bonds is 5. The van der Waals surface area contributed by atoms with E-state index in [0.29, 0.717) is 6.10 Å². The van der Waals surface area contributed by atoms with Crippen LogP contribution in [0.3, 0.4) is 0 Å². The minimum Gasteiger partial charge on any atom is -0.473 e. The lowest BCUT2D eigenvalue weighted by Gasteiger charge is -2.32. The average molecular weight is 498 g/mol. The van der Waals surface area contributed by atoms with Crippen LogP contribution in [0.1, 0.15) is 80.1 Å². The number of imidazole rings is 1. The Morgan fingerprint density at radius 1 is 1.00 bits per heavy atom. The molecule has 5 rings (SSSR count). The maximum Gasteiger partial charge on any atom is 0.414 e. The maximum atomic E-state index is 9.10. The number of carbonyl (C=O) groups is 2. The number of aryl methyl sites for hydroxylation is 3. The summed E-state index contributed by atoms with van der Waals surface area (Å²) in [5, 5.41) is 14.8. The molecule has 0 bridgehead atoms. The van der Waals surface area contributed by atoms with E-state index in [2.05, 4.69) is 47.0 Å². The number of fused-ring (bicyclic) bond motifs is 2. The zero-order valence-corrected chi connectivity index (χ0v) is 21.3. The number of benzene rings is 1. The molecule has 0 amide bonds. The second kappa shape index (κ2) is 12.5. The van der Waals surface area contributed by atoms with Crippen molar-refractivity contribution in [3.8, 4) is 0 Å². The highest BCUT2D eigenvalue weighted by Crippen LogP contribution is 2.35. The van der Waals surface area contributed by atoms with E-state index in [-0.39, 0.29) is 6.10 Å². The first-order valence-corrected chi connectivity index (χ1v) is 13.3. The molecule has 3 heterocycles. The lowest BCUT2D eigenvalue weighted by atomic mass is 9.86. The van der Waals surface area contributed by atoms with Gasteiger partial charge in [0.15, 0.2) is 0 Å². The van der Waals surface area contributed by atoms with Gasteiger partial charge in [-0.3, -0.25) is 0 Å². The van der Waals surface area contributed by atoms with E-state index in [4.69, 9.17) is 29.5 Å². The first-order chi connectivity index (χ1) is 17.4. The molecular formula is C28H39N3O5. The Bertz CT molecular complexity index is 1010. The van der Waals surface area contributed by atoms with Crippen molar-refractivity contribution >= 4 is 11.9 Å². The van der Waals surface area contributed by atoms with E-state index in [1.807, 2.05) is 0 Å². The van der Waals surface area contributed by atoms with Crippen LogP contribution in [0.25, 0.3) is 0 Å². The standard InChI is InChI=1S/C26H37N3O.C2H2O4/c1-28-16-14-23(15-17-28)30-25-24-10-6-5-9-21(24)13-18-29-19-22(27-26(25)29)12-11-20-7-3-2-4-8-20;3-1(4)2(5)6/h5-6,9-10,19-20,23,25H,2-4,7-8,11-18H2,1H3;(H,3,4)(H,5,6). The van der Waals surface area contributed by atoms with Crippen molar-refractivity contribution in [2.45, 2.75) is 83.0 Å². The van der Waals surface area contributed by atoms with E-state index < -0.39 is 11.9 Å². The molecule has 1 saturated heterocycles. The zero-order valence-electron chi connectivity index (χ0n) is 21.3. The lowest BCUT2D eigenvalue weighted by Crippen LogP contribution is -2.35. The van der Waals surface area contributed by atoms with E-state index in [0.717, 1.165) is 57.1 Å². The molecule has 2 fully saturated rings. The van der Waals surface area contributed by atoms with Crippen molar-refractivity contribution in [3.63, 3.8) is 0 Å². The van der Waals surface area contributed by atoms with Gasteiger partial charge in [-0.2, -0.15) is 0 Å². The normalized spacial score (nSPS) is 21.0. The number of aromatic nitrogens is 2. The molecule has 2 aliphatic heterocycles. The van der Waals surface area contributed by atoms with Crippen molar-refractivity contribution in [2.75, 3.05) is 20.1 Å². The molecule has 0 spiro atoms. The maximum absolute atomic E-state index is 9.10. The number of hydrogen-bond acceptors (Lipinski definition) is 5. The number of aliphatic carboxylic acids is 2. The highest BCUT2D eigenvalue weighted by Gasteiger charge is 2.30. The van der Waals surface area contributed by atoms with Crippen LogP contribution < -0.4 is 0 Å². The van der Waals surface area contributed by atoms with Crippen molar-refractivity contribution in [1.82, 2.24) is 14.5 Å². The van der Waals surface area contributed by atoms with E-state index in [1.165, 1.54) is 55.3 Å². The topological polar surface area (TPSA) is 105 Å². The third-order valence-electron chi connectivity index (χ3n) is 7.76. The van der Waals surface area contributed by atoms with Crippen LogP contribution >= 0.6 is 0 Å². The summed E-state index contributed by atoms with van der Waals surface area (Å²) in [7, 11) is 2.21. The molecule has 0 radical (unpaired) electrons. The first-order valence-electron chi connectivity index (χ1n) is 13.3. The van der Waals surface area contributed by atoms with Gasteiger partial charge in [0, 0.05) is 25.8 Å². The Kier molecular flexibility index (Phi) is 9.15. The van der Waals surface area contributed by atoms with Gasteiger partial charge in [0.05, 0.1) is 11.8 Å². The SMILES string of the molecule is CN1CCC(OC2c3ccccc3CCn3cc(CCC4CCCCC4)nc32)CC1.O=C(O)C(=O)O. The van der Waals surface area contributed by atoms with Crippen LogP contribution in [0, 0.1) is 5.92 Å². The lowest BCUT2D eigenvalue weighted by molar-refractivity contribution is -0.159. The van der Waals surface area contributed by atoms with Crippen molar-refractivity contribution in [3.05, 3.63) is 53.1 Å². The average Bonchev–Trinajstić information content (AvgIpc) is 3.24. The molecule has 196 valence electrons. The van der Waals surface area contributed by atoms with Gasteiger partial charge in [0.25, 0.3) is 0 Å².